The average molecular weight is 431 g/mol. The van der Waals surface area contributed by atoms with Crippen LogP contribution in [0.4, 0.5) is 0 Å². The zero-order chi connectivity index (χ0) is 21.8. The van der Waals surface area contributed by atoms with Gasteiger partial charge in [0.1, 0.15) is 5.76 Å². The molecule has 1 aromatic carbocycles. The Morgan fingerprint density at radius 3 is 2.48 bits per heavy atom. The number of carbonyl (C=O) groups excluding carboxylic acids is 1. The SMILES string of the molecule is Cc1cc(C)c(Cc2ccc(C(=O)N(Cc3cccnc3)Cc3ccsc3)o2)c(C)c1. The van der Waals surface area contributed by atoms with Crippen LogP contribution in [0.5, 0.6) is 0 Å². The third-order valence-corrected chi connectivity index (χ3v) is 6.13. The quantitative estimate of drug-likeness (QED) is 0.356. The van der Waals surface area contributed by atoms with Crippen molar-refractivity contribution in [3.8, 4) is 0 Å². The average Bonchev–Trinajstić information content (AvgIpc) is 3.42. The summed E-state index contributed by atoms with van der Waals surface area (Å²) in [4.78, 5) is 19.3. The number of hydrogen-bond acceptors (Lipinski definition) is 4. The van der Waals surface area contributed by atoms with Gasteiger partial charge in [-0.3, -0.25) is 9.78 Å². The van der Waals surface area contributed by atoms with Gasteiger partial charge in [0.05, 0.1) is 0 Å². The van der Waals surface area contributed by atoms with E-state index in [-0.39, 0.29) is 5.91 Å². The molecule has 31 heavy (non-hydrogen) atoms. The summed E-state index contributed by atoms with van der Waals surface area (Å²) in [5.41, 5.74) is 7.11. The molecule has 0 spiro atoms. The number of furan rings is 1. The van der Waals surface area contributed by atoms with E-state index >= 15 is 0 Å². The third-order valence-electron chi connectivity index (χ3n) is 5.40. The fourth-order valence-electron chi connectivity index (χ4n) is 3.92. The minimum Gasteiger partial charge on any atom is -0.456 e. The van der Waals surface area contributed by atoms with Crippen molar-refractivity contribution in [1.29, 1.82) is 0 Å². The first kappa shape index (κ1) is 21.1. The Morgan fingerprint density at radius 1 is 1.03 bits per heavy atom. The number of aromatic nitrogens is 1. The Labute approximate surface area is 187 Å². The van der Waals surface area contributed by atoms with Gasteiger partial charge < -0.3 is 9.32 Å². The first-order valence-corrected chi connectivity index (χ1v) is 11.3. The van der Waals surface area contributed by atoms with Gasteiger partial charge in [-0.1, -0.05) is 23.8 Å². The molecule has 0 saturated carbocycles. The van der Waals surface area contributed by atoms with E-state index in [0.717, 1.165) is 16.9 Å². The number of benzene rings is 1. The number of nitrogens with zero attached hydrogens (tertiary/aromatic N) is 2. The van der Waals surface area contributed by atoms with E-state index in [4.69, 9.17) is 4.42 Å². The van der Waals surface area contributed by atoms with Crippen molar-refractivity contribution in [2.24, 2.45) is 0 Å². The molecular weight excluding hydrogens is 404 g/mol. The lowest BCUT2D eigenvalue weighted by Crippen LogP contribution is -2.29. The van der Waals surface area contributed by atoms with E-state index in [2.05, 4.69) is 43.3 Å². The summed E-state index contributed by atoms with van der Waals surface area (Å²) >= 11 is 1.63. The highest BCUT2D eigenvalue weighted by Gasteiger charge is 2.21. The normalized spacial score (nSPS) is 10.9. The van der Waals surface area contributed by atoms with Crippen molar-refractivity contribution in [2.45, 2.75) is 40.3 Å². The molecule has 5 heteroatoms. The number of rotatable bonds is 7. The van der Waals surface area contributed by atoms with E-state index in [0.29, 0.717) is 25.3 Å². The van der Waals surface area contributed by atoms with E-state index in [1.54, 1.807) is 29.8 Å². The van der Waals surface area contributed by atoms with Crippen LogP contribution in [0.15, 0.2) is 70.0 Å². The lowest BCUT2D eigenvalue weighted by atomic mass is 9.97. The maximum Gasteiger partial charge on any atom is 0.290 e. The second-order valence-corrected chi connectivity index (χ2v) is 8.75. The summed E-state index contributed by atoms with van der Waals surface area (Å²) in [5.74, 6) is 1.06. The van der Waals surface area contributed by atoms with Gasteiger partial charge in [0.25, 0.3) is 5.91 Å². The molecule has 0 radical (unpaired) electrons. The van der Waals surface area contributed by atoms with Gasteiger partial charge in [-0.25, -0.2) is 0 Å². The molecule has 1 amide bonds. The van der Waals surface area contributed by atoms with Crippen LogP contribution in [-0.4, -0.2) is 15.8 Å². The molecule has 0 bridgehead atoms. The van der Waals surface area contributed by atoms with Gasteiger partial charge in [-0.15, -0.1) is 0 Å². The van der Waals surface area contributed by atoms with Gasteiger partial charge in [-0.05, 0) is 83.6 Å². The molecule has 4 rings (SSSR count). The zero-order valence-corrected chi connectivity index (χ0v) is 18.9. The lowest BCUT2D eigenvalue weighted by molar-refractivity contribution is 0.0696. The minimum atomic E-state index is -0.112. The second-order valence-electron chi connectivity index (χ2n) is 7.97. The Balaban J connectivity index is 1.55. The van der Waals surface area contributed by atoms with Crippen molar-refractivity contribution < 1.29 is 9.21 Å². The van der Waals surface area contributed by atoms with Crippen molar-refractivity contribution in [1.82, 2.24) is 9.88 Å². The highest BCUT2D eigenvalue weighted by Crippen LogP contribution is 2.23. The smallest absolute Gasteiger partial charge is 0.290 e. The van der Waals surface area contributed by atoms with Crippen LogP contribution in [0.1, 0.15) is 49.7 Å². The monoisotopic (exact) mass is 430 g/mol. The van der Waals surface area contributed by atoms with Crippen LogP contribution < -0.4 is 0 Å². The van der Waals surface area contributed by atoms with Crippen LogP contribution >= 0.6 is 11.3 Å². The molecule has 0 N–H and O–H groups in total. The fourth-order valence-corrected chi connectivity index (χ4v) is 4.58. The van der Waals surface area contributed by atoms with Crippen LogP contribution in [-0.2, 0) is 19.5 Å². The highest BCUT2D eigenvalue weighted by molar-refractivity contribution is 7.07. The molecule has 0 unspecified atom stereocenters. The topological polar surface area (TPSA) is 46.3 Å². The van der Waals surface area contributed by atoms with Crippen molar-refractivity contribution in [3.05, 3.63) is 111 Å². The van der Waals surface area contributed by atoms with Crippen LogP contribution in [0, 0.1) is 20.8 Å². The van der Waals surface area contributed by atoms with Gasteiger partial charge in [0, 0.05) is 31.9 Å². The summed E-state index contributed by atoms with van der Waals surface area (Å²) < 4.78 is 6.02. The summed E-state index contributed by atoms with van der Waals surface area (Å²) in [6.45, 7) is 7.37. The number of aryl methyl sites for hydroxylation is 3. The molecule has 0 fully saturated rings. The van der Waals surface area contributed by atoms with Crippen LogP contribution in [0.2, 0.25) is 0 Å². The van der Waals surface area contributed by atoms with Crippen molar-refractivity contribution in [2.75, 3.05) is 0 Å². The highest BCUT2D eigenvalue weighted by atomic mass is 32.1. The largest absolute Gasteiger partial charge is 0.456 e. The number of hydrogen-bond donors (Lipinski definition) is 0. The van der Waals surface area contributed by atoms with Crippen molar-refractivity contribution >= 4 is 17.2 Å². The molecule has 4 nitrogen and oxygen atoms in total. The molecular formula is C26H26N2O2S. The zero-order valence-electron chi connectivity index (χ0n) is 18.1. The third kappa shape index (κ3) is 5.12. The van der Waals surface area contributed by atoms with Gasteiger partial charge in [0.15, 0.2) is 5.76 Å². The summed E-state index contributed by atoms with van der Waals surface area (Å²) in [6, 6.07) is 14.0. The van der Waals surface area contributed by atoms with E-state index in [1.807, 2.05) is 34.5 Å². The summed E-state index contributed by atoms with van der Waals surface area (Å²) in [6.07, 6.45) is 4.21. The minimum absolute atomic E-state index is 0.112. The Morgan fingerprint density at radius 2 is 1.81 bits per heavy atom. The van der Waals surface area contributed by atoms with Crippen molar-refractivity contribution in [3.63, 3.8) is 0 Å². The standard InChI is InChI=1S/C26H26N2O2S/c1-18-11-19(2)24(20(3)12-18)13-23-6-7-25(30-23)26(29)28(16-22-8-10-31-17-22)15-21-5-4-9-27-14-21/h4-12,14,17H,13,15-16H2,1-3H3. The summed E-state index contributed by atoms with van der Waals surface area (Å²) in [7, 11) is 0. The predicted octanol–water partition coefficient (Wildman–Crippen LogP) is 6.09. The molecule has 3 aromatic heterocycles. The van der Waals surface area contributed by atoms with E-state index in [1.165, 1.54) is 22.3 Å². The maximum atomic E-state index is 13.3. The molecule has 158 valence electrons. The second kappa shape index (κ2) is 9.31. The fraction of sp³-hybridized carbons (Fsp3) is 0.231. The van der Waals surface area contributed by atoms with Crippen LogP contribution in [0.25, 0.3) is 0 Å². The van der Waals surface area contributed by atoms with E-state index < -0.39 is 0 Å². The Kier molecular flexibility index (Phi) is 6.33. The van der Waals surface area contributed by atoms with Crippen LogP contribution in [0.3, 0.4) is 0 Å². The number of pyridine rings is 1. The molecule has 3 heterocycles. The number of carbonyl (C=O) groups is 1. The molecule has 0 aliphatic rings. The maximum absolute atomic E-state index is 13.3. The summed E-state index contributed by atoms with van der Waals surface area (Å²) in [5, 5.41) is 4.10. The van der Waals surface area contributed by atoms with Gasteiger partial charge in [-0.2, -0.15) is 11.3 Å². The first-order chi connectivity index (χ1) is 15.0. The first-order valence-electron chi connectivity index (χ1n) is 10.3. The Hall–Kier alpha value is -3.18. The lowest BCUT2D eigenvalue weighted by Gasteiger charge is -2.21. The Bertz CT molecular complexity index is 1140. The molecule has 0 saturated heterocycles. The molecule has 4 aromatic rings. The van der Waals surface area contributed by atoms with Gasteiger partial charge in [0.2, 0.25) is 0 Å². The predicted molar refractivity (Wildman–Crippen MR) is 124 cm³/mol. The molecule has 0 aliphatic carbocycles. The number of thiophene rings is 1. The van der Waals surface area contributed by atoms with E-state index in [9.17, 15) is 4.79 Å². The molecule has 0 aliphatic heterocycles. The molecule has 0 atom stereocenters. The number of amides is 1. The van der Waals surface area contributed by atoms with Gasteiger partial charge >= 0.3 is 0 Å².